The van der Waals surface area contributed by atoms with Crippen molar-refractivity contribution in [3.8, 4) is 11.8 Å². The van der Waals surface area contributed by atoms with Gasteiger partial charge in [0.15, 0.2) is 0 Å². The van der Waals surface area contributed by atoms with Gasteiger partial charge in [-0.3, -0.25) is 9.69 Å². The molecule has 1 aromatic rings. The van der Waals surface area contributed by atoms with Crippen LogP contribution in [0.15, 0.2) is 18.2 Å². The number of nitriles is 1. The van der Waals surface area contributed by atoms with Gasteiger partial charge in [0, 0.05) is 5.56 Å². The number of likely N-dealkylation sites (N-methyl/N-ethyl adjacent to an activating group) is 1. The summed E-state index contributed by atoms with van der Waals surface area (Å²) in [5.74, 6) is 0.234. The molecule has 0 radical (unpaired) electrons. The van der Waals surface area contributed by atoms with Crippen molar-refractivity contribution in [2.24, 2.45) is 5.92 Å². The van der Waals surface area contributed by atoms with E-state index in [-0.39, 0.29) is 11.9 Å². The number of aliphatic hydroxyl groups is 1. The zero-order valence-corrected chi connectivity index (χ0v) is 18.1. The number of ether oxygens (including phenoxy) is 2. The third-order valence-corrected chi connectivity index (χ3v) is 5.00. The van der Waals surface area contributed by atoms with Gasteiger partial charge in [0.05, 0.1) is 17.7 Å². The molecule has 3 atom stereocenters. The first-order chi connectivity index (χ1) is 12.8. The van der Waals surface area contributed by atoms with E-state index in [1.165, 1.54) is 0 Å². The Bertz CT molecular complexity index is 774. The Morgan fingerprint density at radius 2 is 1.96 bits per heavy atom. The maximum absolute atomic E-state index is 13.0. The molecule has 1 aromatic carbocycles. The summed E-state index contributed by atoms with van der Waals surface area (Å²) in [6.45, 7) is 13.0. The predicted octanol–water partition coefficient (Wildman–Crippen LogP) is 3.43. The van der Waals surface area contributed by atoms with Crippen LogP contribution in [0.25, 0.3) is 0 Å². The standard InChI is InChI=1S/C22H32N2O4/c1-13(2)17(20(26)28-21(3,4)5)24(8)18-15-11-14(12-23)9-10-16(15)27-22(6,7)19(18)25/h9-11,13,17-19,25H,1-8H3/t17-,18+,19-/m0/s1. The molecule has 0 amide bonds. The van der Waals surface area contributed by atoms with E-state index in [4.69, 9.17) is 9.47 Å². The Balaban J connectivity index is 2.53. The lowest BCUT2D eigenvalue weighted by atomic mass is 9.83. The lowest BCUT2D eigenvalue weighted by Gasteiger charge is -2.47. The number of hydrogen-bond donors (Lipinski definition) is 1. The van der Waals surface area contributed by atoms with Crippen molar-refractivity contribution in [1.82, 2.24) is 4.90 Å². The molecule has 0 spiro atoms. The first-order valence-corrected chi connectivity index (χ1v) is 9.64. The smallest absolute Gasteiger partial charge is 0.324 e. The van der Waals surface area contributed by atoms with Gasteiger partial charge in [-0.25, -0.2) is 0 Å². The first kappa shape index (κ1) is 22.2. The Kier molecular flexibility index (Phi) is 6.13. The van der Waals surface area contributed by atoms with E-state index in [0.717, 1.165) is 0 Å². The van der Waals surface area contributed by atoms with Crippen LogP contribution in [0.5, 0.6) is 5.75 Å². The minimum Gasteiger partial charge on any atom is -0.485 e. The monoisotopic (exact) mass is 388 g/mol. The van der Waals surface area contributed by atoms with Crippen LogP contribution in [0.1, 0.15) is 65.6 Å². The van der Waals surface area contributed by atoms with E-state index in [1.54, 1.807) is 18.2 Å². The Labute approximate surface area is 168 Å². The number of carbonyl (C=O) groups is 1. The van der Waals surface area contributed by atoms with Crippen molar-refractivity contribution >= 4 is 5.97 Å². The molecule has 0 unspecified atom stereocenters. The van der Waals surface area contributed by atoms with E-state index in [1.807, 2.05) is 60.4 Å². The van der Waals surface area contributed by atoms with Crippen LogP contribution in [0.3, 0.4) is 0 Å². The lowest BCUT2D eigenvalue weighted by molar-refractivity contribution is -0.168. The fourth-order valence-corrected chi connectivity index (χ4v) is 3.72. The van der Waals surface area contributed by atoms with Crippen LogP contribution in [0.4, 0.5) is 0 Å². The second-order valence-electron chi connectivity index (χ2n) is 9.35. The van der Waals surface area contributed by atoms with Crippen LogP contribution < -0.4 is 4.74 Å². The molecule has 6 nitrogen and oxygen atoms in total. The third kappa shape index (κ3) is 4.48. The van der Waals surface area contributed by atoms with Crippen molar-refractivity contribution in [2.45, 2.75) is 77.9 Å². The second kappa shape index (κ2) is 7.73. The van der Waals surface area contributed by atoms with Crippen molar-refractivity contribution in [2.75, 3.05) is 7.05 Å². The van der Waals surface area contributed by atoms with Gasteiger partial charge in [0.1, 0.15) is 29.1 Å². The van der Waals surface area contributed by atoms with E-state index in [0.29, 0.717) is 16.9 Å². The maximum atomic E-state index is 13.0. The highest BCUT2D eigenvalue weighted by Gasteiger charge is 2.47. The first-order valence-electron chi connectivity index (χ1n) is 9.64. The second-order valence-corrected chi connectivity index (χ2v) is 9.35. The Hall–Kier alpha value is -2.10. The van der Waals surface area contributed by atoms with Crippen LogP contribution >= 0.6 is 0 Å². The predicted molar refractivity (Wildman–Crippen MR) is 107 cm³/mol. The van der Waals surface area contributed by atoms with Crippen LogP contribution in [-0.4, -0.2) is 46.4 Å². The molecule has 28 heavy (non-hydrogen) atoms. The molecule has 2 rings (SSSR count). The van der Waals surface area contributed by atoms with Gasteiger partial charge < -0.3 is 14.6 Å². The zero-order chi connectivity index (χ0) is 21.4. The summed E-state index contributed by atoms with van der Waals surface area (Å²) in [4.78, 5) is 14.8. The van der Waals surface area contributed by atoms with Crippen LogP contribution in [0.2, 0.25) is 0 Å². The Morgan fingerprint density at radius 1 is 1.36 bits per heavy atom. The quantitative estimate of drug-likeness (QED) is 0.796. The summed E-state index contributed by atoms with van der Waals surface area (Å²) in [6, 6.07) is 6.21. The molecular weight excluding hydrogens is 356 g/mol. The number of hydrogen-bond acceptors (Lipinski definition) is 6. The highest BCUT2D eigenvalue weighted by atomic mass is 16.6. The van der Waals surface area contributed by atoms with Crippen LogP contribution in [-0.2, 0) is 9.53 Å². The summed E-state index contributed by atoms with van der Waals surface area (Å²) in [7, 11) is 1.81. The molecule has 154 valence electrons. The zero-order valence-electron chi connectivity index (χ0n) is 18.1. The van der Waals surface area contributed by atoms with Crippen LogP contribution in [0, 0.1) is 17.2 Å². The van der Waals surface area contributed by atoms with Crippen molar-refractivity contribution in [3.63, 3.8) is 0 Å². The largest absolute Gasteiger partial charge is 0.485 e. The van der Waals surface area contributed by atoms with E-state index in [9.17, 15) is 15.2 Å². The van der Waals surface area contributed by atoms with Gasteiger partial charge in [-0.05, 0) is 65.8 Å². The Morgan fingerprint density at radius 3 is 2.46 bits per heavy atom. The highest BCUT2D eigenvalue weighted by Crippen LogP contribution is 2.44. The summed E-state index contributed by atoms with van der Waals surface area (Å²) in [5, 5.41) is 20.4. The SMILES string of the molecule is CC(C)[C@@H](C(=O)OC(C)(C)C)N(C)[C@@H]1c2cc(C#N)ccc2OC(C)(C)[C@H]1O. The molecule has 0 saturated carbocycles. The number of fused-ring (bicyclic) bond motifs is 1. The van der Waals surface area contributed by atoms with Crippen molar-refractivity contribution < 1.29 is 19.4 Å². The lowest BCUT2D eigenvalue weighted by Crippen LogP contribution is -2.57. The summed E-state index contributed by atoms with van der Waals surface area (Å²) in [6.07, 6.45) is -0.900. The fraction of sp³-hybridized carbons (Fsp3) is 0.636. The van der Waals surface area contributed by atoms with Gasteiger partial charge >= 0.3 is 5.97 Å². The normalized spacial score (nSPS) is 22.2. The number of benzene rings is 1. The molecule has 0 bridgehead atoms. The number of nitrogens with zero attached hydrogens (tertiary/aromatic N) is 2. The summed E-state index contributed by atoms with van der Waals surface area (Å²) in [5.41, 5.74) is -0.284. The van der Waals surface area contributed by atoms with Gasteiger partial charge in [-0.2, -0.15) is 5.26 Å². The average Bonchev–Trinajstić information content (AvgIpc) is 2.53. The van der Waals surface area contributed by atoms with E-state index in [2.05, 4.69) is 6.07 Å². The molecule has 1 aliphatic heterocycles. The third-order valence-electron chi connectivity index (χ3n) is 5.00. The fourth-order valence-electron chi connectivity index (χ4n) is 3.72. The van der Waals surface area contributed by atoms with Gasteiger partial charge in [0.25, 0.3) is 0 Å². The molecule has 0 saturated heterocycles. The molecule has 0 aromatic heterocycles. The number of carbonyl (C=O) groups excluding carboxylic acids is 1. The van der Waals surface area contributed by atoms with E-state index >= 15 is 0 Å². The number of esters is 1. The molecule has 1 N–H and O–H groups in total. The minimum atomic E-state index is -0.900. The van der Waals surface area contributed by atoms with E-state index < -0.39 is 29.4 Å². The van der Waals surface area contributed by atoms with Crippen molar-refractivity contribution in [1.29, 1.82) is 5.26 Å². The van der Waals surface area contributed by atoms with Gasteiger partial charge in [-0.1, -0.05) is 13.8 Å². The molecule has 1 aliphatic rings. The highest BCUT2D eigenvalue weighted by molar-refractivity contribution is 5.76. The maximum Gasteiger partial charge on any atom is 0.324 e. The molecule has 6 heteroatoms. The summed E-state index contributed by atoms with van der Waals surface area (Å²) < 4.78 is 11.6. The van der Waals surface area contributed by atoms with Gasteiger partial charge in [0.2, 0.25) is 0 Å². The van der Waals surface area contributed by atoms with Crippen molar-refractivity contribution in [3.05, 3.63) is 29.3 Å². The molecule has 0 aliphatic carbocycles. The molecule has 1 heterocycles. The summed E-state index contributed by atoms with van der Waals surface area (Å²) >= 11 is 0. The molecular formula is C22H32N2O4. The number of aliphatic hydroxyl groups excluding tert-OH is 1. The topological polar surface area (TPSA) is 82.8 Å². The minimum absolute atomic E-state index is 0.0411. The number of rotatable bonds is 4. The molecule has 0 fully saturated rings. The van der Waals surface area contributed by atoms with Gasteiger partial charge in [-0.15, -0.1) is 0 Å². The average molecular weight is 389 g/mol.